The molecule has 0 aliphatic heterocycles. The molecule has 98 valence electrons. The molecule has 0 bridgehead atoms. The molecule has 0 amide bonds. The van der Waals surface area contributed by atoms with Gasteiger partial charge in [-0.25, -0.2) is 0 Å². The van der Waals surface area contributed by atoms with Gasteiger partial charge in [0.25, 0.3) is 0 Å². The first kappa shape index (κ1) is 16.0. The second kappa shape index (κ2) is 11.5. The second-order valence-corrected chi connectivity index (χ2v) is 6.26. The van der Waals surface area contributed by atoms with E-state index in [9.17, 15) is 0 Å². The van der Waals surface area contributed by atoms with Gasteiger partial charge in [0.15, 0.2) is 0 Å². The van der Waals surface area contributed by atoms with Crippen LogP contribution in [-0.2, 0) is 8.85 Å². The molecule has 0 aromatic heterocycles. The van der Waals surface area contributed by atoms with Crippen LogP contribution in [0.5, 0.6) is 0 Å². The van der Waals surface area contributed by atoms with E-state index in [1.54, 1.807) is 14.2 Å². The standard InChI is InChI=1S/C10H27N3O2Si/c1-13(9-7-12-6-5-11)8-4-10-16(14-2)15-3/h12,16H,4-11H2,1-3H3. The van der Waals surface area contributed by atoms with Crippen LogP contribution in [0.4, 0.5) is 0 Å². The Balaban J connectivity index is 3.32. The molecule has 0 aliphatic carbocycles. The van der Waals surface area contributed by atoms with E-state index in [2.05, 4.69) is 17.3 Å². The minimum absolute atomic E-state index is 0.707. The van der Waals surface area contributed by atoms with Crippen LogP contribution in [0, 0.1) is 0 Å². The molecule has 0 aromatic rings. The van der Waals surface area contributed by atoms with E-state index in [0.717, 1.165) is 38.6 Å². The van der Waals surface area contributed by atoms with Gasteiger partial charge < -0.3 is 24.8 Å². The summed E-state index contributed by atoms with van der Waals surface area (Å²) in [6, 6.07) is 1.08. The highest BCUT2D eigenvalue weighted by Gasteiger charge is 2.09. The lowest BCUT2D eigenvalue weighted by Gasteiger charge is -2.18. The Morgan fingerprint density at radius 2 is 1.88 bits per heavy atom. The first-order valence-electron chi connectivity index (χ1n) is 5.89. The van der Waals surface area contributed by atoms with Crippen LogP contribution in [0.3, 0.4) is 0 Å². The molecule has 0 saturated heterocycles. The number of nitrogens with one attached hydrogen (secondary N) is 1. The van der Waals surface area contributed by atoms with Crippen LogP contribution in [0.25, 0.3) is 0 Å². The largest absolute Gasteiger partial charge is 0.400 e. The molecule has 0 aliphatic rings. The minimum atomic E-state index is -1.35. The van der Waals surface area contributed by atoms with Crippen molar-refractivity contribution in [1.82, 2.24) is 10.2 Å². The van der Waals surface area contributed by atoms with Crippen LogP contribution in [0.1, 0.15) is 6.42 Å². The molecule has 0 rings (SSSR count). The molecule has 0 unspecified atom stereocenters. The van der Waals surface area contributed by atoms with Gasteiger partial charge in [0.05, 0.1) is 0 Å². The Morgan fingerprint density at radius 3 is 2.44 bits per heavy atom. The maximum Gasteiger partial charge on any atom is 0.320 e. The third-order valence-electron chi connectivity index (χ3n) is 2.50. The van der Waals surface area contributed by atoms with Gasteiger partial charge >= 0.3 is 9.28 Å². The van der Waals surface area contributed by atoms with E-state index < -0.39 is 9.28 Å². The average Bonchev–Trinajstić information content (AvgIpc) is 2.30. The molecule has 3 N–H and O–H groups in total. The fraction of sp³-hybridized carbons (Fsp3) is 1.00. The average molecular weight is 249 g/mol. The van der Waals surface area contributed by atoms with Crippen molar-refractivity contribution < 1.29 is 8.85 Å². The van der Waals surface area contributed by atoms with Crippen LogP contribution in [0.15, 0.2) is 0 Å². The van der Waals surface area contributed by atoms with Gasteiger partial charge in [-0.2, -0.15) is 0 Å². The summed E-state index contributed by atoms with van der Waals surface area (Å²) in [5, 5.41) is 3.28. The van der Waals surface area contributed by atoms with Crippen molar-refractivity contribution in [3.8, 4) is 0 Å². The molecule has 0 radical (unpaired) electrons. The first-order valence-corrected chi connectivity index (χ1v) is 7.65. The summed E-state index contributed by atoms with van der Waals surface area (Å²) in [5.74, 6) is 0. The zero-order valence-electron chi connectivity index (χ0n) is 10.9. The zero-order chi connectivity index (χ0) is 12.2. The second-order valence-electron chi connectivity index (χ2n) is 3.89. The van der Waals surface area contributed by atoms with Gasteiger partial charge in [0.2, 0.25) is 0 Å². The lowest BCUT2D eigenvalue weighted by atomic mass is 10.4. The predicted molar refractivity (Wildman–Crippen MR) is 70.0 cm³/mol. The summed E-state index contributed by atoms with van der Waals surface area (Å²) >= 11 is 0. The van der Waals surface area contributed by atoms with Crippen molar-refractivity contribution in [1.29, 1.82) is 0 Å². The van der Waals surface area contributed by atoms with E-state index in [0.29, 0.717) is 6.54 Å². The minimum Gasteiger partial charge on any atom is -0.400 e. The van der Waals surface area contributed by atoms with Gasteiger partial charge in [-0.05, 0) is 26.1 Å². The quantitative estimate of drug-likeness (QED) is 0.377. The molecule has 0 fully saturated rings. The van der Waals surface area contributed by atoms with E-state index in [4.69, 9.17) is 14.6 Å². The summed E-state index contributed by atoms with van der Waals surface area (Å²) in [5.41, 5.74) is 5.39. The summed E-state index contributed by atoms with van der Waals surface area (Å²) in [7, 11) is 4.26. The number of rotatable bonds is 11. The third-order valence-corrected chi connectivity index (χ3v) is 4.43. The highest BCUT2D eigenvalue weighted by Crippen LogP contribution is 2.00. The van der Waals surface area contributed by atoms with Crippen molar-refractivity contribution in [2.45, 2.75) is 12.5 Å². The van der Waals surface area contributed by atoms with Crippen molar-refractivity contribution in [2.24, 2.45) is 5.73 Å². The predicted octanol–water partition coefficient (Wildman–Crippen LogP) is -0.630. The number of likely N-dealkylation sites (N-methyl/N-ethyl adjacent to an activating group) is 1. The monoisotopic (exact) mass is 249 g/mol. The molecular formula is C10H27N3O2Si. The zero-order valence-corrected chi connectivity index (χ0v) is 12.0. The Labute approximate surface area is 101 Å². The van der Waals surface area contributed by atoms with Crippen molar-refractivity contribution in [3.63, 3.8) is 0 Å². The third kappa shape index (κ3) is 9.26. The van der Waals surface area contributed by atoms with Gasteiger partial charge in [-0.1, -0.05) is 0 Å². The van der Waals surface area contributed by atoms with E-state index >= 15 is 0 Å². The fourth-order valence-corrected chi connectivity index (χ4v) is 2.65. The fourth-order valence-electron chi connectivity index (χ4n) is 1.47. The molecule has 16 heavy (non-hydrogen) atoms. The Hall–Kier alpha value is 0.0169. The normalized spacial score (nSPS) is 11.6. The Kier molecular flexibility index (Phi) is 11.5. The number of hydrogen-bond donors (Lipinski definition) is 2. The summed E-state index contributed by atoms with van der Waals surface area (Å²) in [6.45, 7) is 4.77. The molecule has 5 nitrogen and oxygen atoms in total. The van der Waals surface area contributed by atoms with Crippen LogP contribution in [0.2, 0.25) is 6.04 Å². The van der Waals surface area contributed by atoms with Crippen molar-refractivity contribution >= 4 is 9.28 Å². The Bertz CT molecular complexity index is 148. The Morgan fingerprint density at radius 1 is 1.19 bits per heavy atom. The smallest absolute Gasteiger partial charge is 0.320 e. The highest BCUT2D eigenvalue weighted by atomic mass is 28.3. The SMILES string of the molecule is CO[SiH](CCCN(C)CCNCCN)OC. The molecule has 0 saturated carbocycles. The number of nitrogens with zero attached hydrogens (tertiary/aromatic N) is 1. The van der Waals surface area contributed by atoms with Crippen molar-refractivity contribution in [2.75, 3.05) is 54.0 Å². The van der Waals surface area contributed by atoms with E-state index in [-0.39, 0.29) is 0 Å². The van der Waals surface area contributed by atoms with E-state index in [1.165, 1.54) is 0 Å². The molecule has 0 atom stereocenters. The molecule has 0 spiro atoms. The van der Waals surface area contributed by atoms with Gasteiger partial charge in [0.1, 0.15) is 0 Å². The van der Waals surface area contributed by atoms with Gasteiger partial charge in [-0.15, -0.1) is 0 Å². The van der Waals surface area contributed by atoms with E-state index in [1.807, 2.05) is 0 Å². The molecule has 6 heteroatoms. The van der Waals surface area contributed by atoms with Crippen LogP contribution < -0.4 is 11.1 Å². The molecule has 0 aromatic carbocycles. The van der Waals surface area contributed by atoms with Crippen LogP contribution in [-0.4, -0.2) is 68.2 Å². The summed E-state index contributed by atoms with van der Waals surface area (Å²) in [6.07, 6.45) is 1.14. The number of hydrogen-bond acceptors (Lipinski definition) is 5. The van der Waals surface area contributed by atoms with Gasteiger partial charge in [0, 0.05) is 40.4 Å². The van der Waals surface area contributed by atoms with Gasteiger partial charge in [-0.3, -0.25) is 0 Å². The summed E-state index contributed by atoms with van der Waals surface area (Å²) in [4.78, 5) is 2.32. The summed E-state index contributed by atoms with van der Waals surface area (Å²) < 4.78 is 10.5. The maximum absolute atomic E-state index is 5.39. The molecule has 0 heterocycles. The topological polar surface area (TPSA) is 59.8 Å². The lowest BCUT2D eigenvalue weighted by molar-refractivity contribution is 0.270. The highest BCUT2D eigenvalue weighted by molar-refractivity contribution is 6.44. The lowest BCUT2D eigenvalue weighted by Crippen LogP contribution is -2.32. The number of nitrogens with two attached hydrogens (primary N) is 1. The van der Waals surface area contributed by atoms with Crippen LogP contribution >= 0.6 is 0 Å². The molecular weight excluding hydrogens is 222 g/mol. The maximum atomic E-state index is 5.39. The van der Waals surface area contributed by atoms with Crippen molar-refractivity contribution in [3.05, 3.63) is 0 Å². The first-order chi connectivity index (χ1) is 7.74.